The minimum Gasteiger partial charge on any atom is -0.439 e. The van der Waals surface area contributed by atoms with Crippen LogP contribution in [0.3, 0.4) is 0 Å². The number of pyridine rings is 1. The third-order valence-electron chi connectivity index (χ3n) is 2.72. The number of hydrogen-bond acceptors (Lipinski definition) is 3. The van der Waals surface area contributed by atoms with Gasteiger partial charge in [-0.15, -0.1) is 0 Å². The molecular formula is C14H14N2OS. The van der Waals surface area contributed by atoms with Crippen molar-refractivity contribution in [2.45, 2.75) is 13.8 Å². The second kappa shape index (κ2) is 5.14. The van der Waals surface area contributed by atoms with Crippen molar-refractivity contribution in [3.05, 3.63) is 53.2 Å². The van der Waals surface area contributed by atoms with Gasteiger partial charge in [0.05, 0.1) is 0 Å². The summed E-state index contributed by atoms with van der Waals surface area (Å²) < 4.78 is 5.65. The molecule has 18 heavy (non-hydrogen) atoms. The third kappa shape index (κ3) is 2.84. The number of thiocarbonyl (C=S) groups is 1. The van der Waals surface area contributed by atoms with Crippen molar-refractivity contribution < 1.29 is 4.74 Å². The molecule has 0 spiro atoms. The molecular weight excluding hydrogens is 244 g/mol. The van der Waals surface area contributed by atoms with Crippen LogP contribution in [0.15, 0.2) is 36.5 Å². The summed E-state index contributed by atoms with van der Waals surface area (Å²) in [6.07, 6.45) is 1.61. The maximum atomic E-state index is 5.65. The van der Waals surface area contributed by atoms with Gasteiger partial charge in [-0.25, -0.2) is 4.98 Å². The highest BCUT2D eigenvalue weighted by Crippen LogP contribution is 2.22. The first kappa shape index (κ1) is 12.5. The van der Waals surface area contributed by atoms with E-state index in [4.69, 9.17) is 22.7 Å². The summed E-state index contributed by atoms with van der Waals surface area (Å²) in [5.41, 5.74) is 8.66. The SMILES string of the molecule is Cc1ccc(Oc2ccc(C(N)=S)cn2)cc1C. The molecule has 0 aliphatic rings. The van der Waals surface area contributed by atoms with Crippen LogP contribution in [0.4, 0.5) is 0 Å². The molecule has 0 amide bonds. The lowest BCUT2D eigenvalue weighted by molar-refractivity contribution is 0.462. The second-order valence-corrected chi connectivity index (χ2v) is 4.54. The lowest BCUT2D eigenvalue weighted by atomic mass is 10.1. The summed E-state index contributed by atoms with van der Waals surface area (Å²) >= 11 is 4.86. The smallest absolute Gasteiger partial charge is 0.219 e. The van der Waals surface area contributed by atoms with Gasteiger partial charge in [-0.2, -0.15) is 0 Å². The van der Waals surface area contributed by atoms with Crippen LogP contribution < -0.4 is 10.5 Å². The van der Waals surface area contributed by atoms with Gasteiger partial charge < -0.3 is 10.5 Å². The highest BCUT2D eigenvalue weighted by atomic mass is 32.1. The predicted molar refractivity (Wildman–Crippen MR) is 76.1 cm³/mol. The Kier molecular flexibility index (Phi) is 3.58. The average Bonchev–Trinajstić information content (AvgIpc) is 2.34. The normalized spacial score (nSPS) is 10.1. The number of hydrogen-bond donors (Lipinski definition) is 1. The van der Waals surface area contributed by atoms with Crippen LogP contribution in [-0.4, -0.2) is 9.97 Å². The fourth-order valence-corrected chi connectivity index (χ4v) is 1.61. The van der Waals surface area contributed by atoms with E-state index >= 15 is 0 Å². The molecule has 0 saturated carbocycles. The Balaban J connectivity index is 2.18. The quantitative estimate of drug-likeness (QED) is 0.859. The van der Waals surface area contributed by atoms with Crippen molar-refractivity contribution in [2.75, 3.05) is 0 Å². The number of aromatic nitrogens is 1. The van der Waals surface area contributed by atoms with E-state index in [-0.39, 0.29) is 0 Å². The molecule has 0 unspecified atom stereocenters. The van der Waals surface area contributed by atoms with E-state index in [1.54, 1.807) is 18.3 Å². The zero-order valence-corrected chi connectivity index (χ0v) is 11.1. The fraction of sp³-hybridized carbons (Fsp3) is 0.143. The number of ether oxygens (including phenoxy) is 1. The number of rotatable bonds is 3. The van der Waals surface area contributed by atoms with Crippen LogP contribution in [0.25, 0.3) is 0 Å². The molecule has 92 valence electrons. The first-order chi connectivity index (χ1) is 8.56. The van der Waals surface area contributed by atoms with Gasteiger partial charge in [-0.1, -0.05) is 18.3 Å². The Morgan fingerprint density at radius 3 is 2.50 bits per heavy atom. The summed E-state index contributed by atoms with van der Waals surface area (Å²) in [6.45, 7) is 4.11. The van der Waals surface area contributed by atoms with Gasteiger partial charge in [0.2, 0.25) is 5.88 Å². The number of benzene rings is 1. The van der Waals surface area contributed by atoms with Gasteiger partial charge in [0.25, 0.3) is 0 Å². The minimum atomic E-state index is 0.334. The standard InChI is InChI=1S/C14H14N2OS/c1-9-3-5-12(7-10(9)2)17-13-6-4-11(8-16-13)14(15)18/h3-8H,1-2H3,(H2,15,18). The van der Waals surface area contributed by atoms with Gasteiger partial charge in [0.15, 0.2) is 0 Å². The van der Waals surface area contributed by atoms with Crippen molar-refractivity contribution in [2.24, 2.45) is 5.73 Å². The Bertz CT molecular complexity index is 579. The number of nitrogens with zero attached hydrogens (tertiary/aromatic N) is 1. The molecule has 2 N–H and O–H groups in total. The maximum absolute atomic E-state index is 5.65. The summed E-state index contributed by atoms with van der Waals surface area (Å²) in [6, 6.07) is 9.48. The van der Waals surface area contributed by atoms with E-state index in [0.717, 1.165) is 11.3 Å². The van der Waals surface area contributed by atoms with E-state index in [1.165, 1.54) is 11.1 Å². The van der Waals surface area contributed by atoms with Crippen molar-refractivity contribution in [3.8, 4) is 11.6 Å². The summed E-state index contributed by atoms with van der Waals surface area (Å²) in [5, 5.41) is 0. The third-order valence-corrected chi connectivity index (χ3v) is 2.96. The predicted octanol–water partition coefficient (Wildman–Crippen LogP) is 3.12. The monoisotopic (exact) mass is 258 g/mol. The second-order valence-electron chi connectivity index (χ2n) is 4.10. The molecule has 0 radical (unpaired) electrons. The summed E-state index contributed by atoms with van der Waals surface area (Å²) in [7, 11) is 0. The molecule has 0 fully saturated rings. The van der Waals surface area contributed by atoms with Crippen molar-refractivity contribution >= 4 is 17.2 Å². The molecule has 1 heterocycles. The molecule has 0 saturated heterocycles. The lowest BCUT2D eigenvalue weighted by Crippen LogP contribution is -2.09. The van der Waals surface area contributed by atoms with Gasteiger partial charge in [0.1, 0.15) is 10.7 Å². The Morgan fingerprint density at radius 2 is 1.94 bits per heavy atom. The molecule has 4 heteroatoms. The average molecular weight is 258 g/mol. The Labute approximate surface area is 112 Å². The topological polar surface area (TPSA) is 48.1 Å². The molecule has 0 atom stereocenters. The van der Waals surface area contributed by atoms with Crippen molar-refractivity contribution in [3.63, 3.8) is 0 Å². The first-order valence-electron chi connectivity index (χ1n) is 5.57. The highest BCUT2D eigenvalue weighted by Gasteiger charge is 2.02. The molecule has 2 rings (SSSR count). The molecule has 0 aliphatic carbocycles. The zero-order chi connectivity index (χ0) is 13.1. The van der Waals surface area contributed by atoms with Gasteiger partial charge in [-0.05, 0) is 43.2 Å². The van der Waals surface area contributed by atoms with Crippen LogP contribution in [-0.2, 0) is 0 Å². The summed E-state index contributed by atoms with van der Waals surface area (Å²) in [4.78, 5) is 4.49. The fourth-order valence-electron chi connectivity index (χ4n) is 1.48. The first-order valence-corrected chi connectivity index (χ1v) is 5.98. The molecule has 0 aliphatic heterocycles. The van der Waals surface area contributed by atoms with E-state index in [9.17, 15) is 0 Å². The van der Waals surface area contributed by atoms with E-state index in [2.05, 4.69) is 11.9 Å². The Hall–Kier alpha value is -1.94. The molecule has 3 nitrogen and oxygen atoms in total. The molecule has 1 aromatic heterocycles. The van der Waals surface area contributed by atoms with Gasteiger partial charge in [-0.3, -0.25) is 0 Å². The van der Waals surface area contributed by atoms with E-state index < -0.39 is 0 Å². The van der Waals surface area contributed by atoms with Crippen LogP contribution in [0.5, 0.6) is 11.6 Å². The number of nitrogens with two attached hydrogens (primary N) is 1. The van der Waals surface area contributed by atoms with Crippen LogP contribution in [0.1, 0.15) is 16.7 Å². The van der Waals surface area contributed by atoms with Crippen molar-refractivity contribution in [1.82, 2.24) is 4.98 Å². The van der Waals surface area contributed by atoms with Crippen LogP contribution >= 0.6 is 12.2 Å². The molecule has 0 bridgehead atoms. The van der Waals surface area contributed by atoms with Crippen molar-refractivity contribution in [1.29, 1.82) is 0 Å². The van der Waals surface area contributed by atoms with Crippen LogP contribution in [0.2, 0.25) is 0 Å². The largest absolute Gasteiger partial charge is 0.439 e. The maximum Gasteiger partial charge on any atom is 0.219 e. The Morgan fingerprint density at radius 1 is 1.17 bits per heavy atom. The highest BCUT2D eigenvalue weighted by molar-refractivity contribution is 7.80. The van der Waals surface area contributed by atoms with Gasteiger partial charge >= 0.3 is 0 Å². The van der Waals surface area contributed by atoms with E-state index in [0.29, 0.717) is 10.9 Å². The van der Waals surface area contributed by atoms with Crippen LogP contribution in [0, 0.1) is 13.8 Å². The summed E-state index contributed by atoms with van der Waals surface area (Å²) in [5.74, 6) is 1.30. The number of aryl methyl sites for hydroxylation is 2. The van der Waals surface area contributed by atoms with Gasteiger partial charge in [0, 0.05) is 17.8 Å². The lowest BCUT2D eigenvalue weighted by Gasteiger charge is -2.07. The molecule has 2 aromatic rings. The molecule has 1 aromatic carbocycles. The van der Waals surface area contributed by atoms with E-state index in [1.807, 2.05) is 25.1 Å². The zero-order valence-electron chi connectivity index (χ0n) is 10.3. The minimum absolute atomic E-state index is 0.334.